The summed E-state index contributed by atoms with van der Waals surface area (Å²) in [5.41, 5.74) is -0.374. The Morgan fingerprint density at radius 1 is 1.26 bits per heavy atom. The molecular formula is C15H27N3O. The van der Waals surface area contributed by atoms with Gasteiger partial charge in [-0.05, 0) is 43.4 Å². The zero-order chi connectivity index (χ0) is 14.0. The minimum atomic E-state index is -0.374. The van der Waals surface area contributed by atoms with E-state index in [9.17, 15) is 4.79 Å². The summed E-state index contributed by atoms with van der Waals surface area (Å²) in [6, 6.07) is 0. The average Bonchev–Trinajstić information content (AvgIpc) is 2.64. The number of hydrogen-bond donors (Lipinski definition) is 2. The van der Waals surface area contributed by atoms with Gasteiger partial charge in [0.25, 0.3) is 5.91 Å². The quantitative estimate of drug-likeness (QED) is 0.822. The Morgan fingerprint density at radius 2 is 1.89 bits per heavy atom. The topological polar surface area (TPSA) is 53.5 Å². The molecule has 1 spiro atoms. The second-order valence-corrected chi connectivity index (χ2v) is 6.83. The molecule has 4 heteroatoms. The zero-order valence-electron chi connectivity index (χ0n) is 12.6. The van der Waals surface area contributed by atoms with Gasteiger partial charge >= 0.3 is 0 Å². The van der Waals surface area contributed by atoms with Gasteiger partial charge in [-0.25, -0.2) is 0 Å². The second-order valence-electron chi connectivity index (χ2n) is 6.83. The molecule has 0 aromatic heterocycles. The molecule has 2 aliphatic rings. The highest BCUT2D eigenvalue weighted by Crippen LogP contribution is 2.37. The summed E-state index contributed by atoms with van der Waals surface area (Å²) in [6.45, 7) is 9.57. The molecule has 1 aliphatic heterocycles. The van der Waals surface area contributed by atoms with Gasteiger partial charge in [0.05, 0.1) is 0 Å². The Hall–Kier alpha value is -1.06. The number of hydrogen-bond acceptors (Lipinski definition) is 2. The van der Waals surface area contributed by atoms with Crippen LogP contribution in [-0.2, 0) is 4.79 Å². The molecule has 1 aliphatic carbocycles. The molecule has 1 saturated carbocycles. The summed E-state index contributed by atoms with van der Waals surface area (Å²) >= 11 is 0. The minimum absolute atomic E-state index is 0.122. The summed E-state index contributed by atoms with van der Waals surface area (Å²) in [5.74, 6) is 2.80. The van der Waals surface area contributed by atoms with E-state index >= 15 is 0 Å². The minimum Gasteiger partial charge on any atom is -0.342 e. The SMILES string of the molecule is CC(C)CN=C1NC(=O)C2(CCC(C(C)C)CC2)N1. The molecule has 19 heavy (non-hydrogen) atoms. The Morgan fingerprint density at radius 3 is 2.42 bits per heavy atom. The fraction of sp³-hybridized carbons (Fsp3) is 0.867. The standard InChI is InChI=1S/C15H27N3O/c1-10(2)9-16-14-17-13(19)15(18-14)7-5-12(6-8-15)11(3)4/h10-12H,5-9H2,1-4H3,(H2,16,17,18,19). The van der Waals surface area contributed by atoms with Gasteiger partial charge in [0, 0.05) is 6.54 Å². The first-order valence-electron chi connectivity index (χ1n) is 7.57. The highest BCUT2D eigenvalue weighted by atomic mass is 16.2. The van der Waals surface area contributed by atoms with Crippen LogP contribution in [-0.4, -0.2) is 24.0 Å². The maximum atomic E-state index is 12.2. The van der Waals surface area contributed by atoms with Crippen LogP contribution in [0.5, 0.6) is 0 Å². The van der Waals surface area contributed by atoms with E-state index in [1.807, 2.05) is 0 Å². The molecule has 4 nitrogen and oxygen atoms in total. The predicted octanol–water partition coefficient (Wildman–Crippen LogP) is 2.30. The summed E-state index contributed by atoms with van der Waals surface area (Å²) in [4.78, 5) is 16.7. The lowest BCUT2D eigenvalue weighted by atomic mass is 9.73. The van der Waals surface area contributed by atoms with Crippen molar-refractivity contribution in [2.75, 3.05) is 6.54 Å². The zero-order valence-corrected chi connectivity index (χ0v) is 12.6. The van der Waals surface area contributed by atoms with Crippen molar-refractivity contribution < 1.29 is 4.79 Å². The number of carbonyl (C=O) groups is 1. The number of nitrogens with zero attached hydrogens (tertiary/aromatic N) is 1. The molecule has 2 fully saturated rings. The fourth-order valence-electron chi connectivity index (χ4n) is 3.05. The van der Waals surface area contributed by atoms with Crippen molar-refractivity contribution in [2.45, 2.75) is 58.9 Å². The van der Waals surface area contributed by atoms with Gasteiger partial charge in [-0.1, -0.05) is 27.7 Å². The van der Waals surface area contributed by atoms with Crippen LogP contribution in [0.4, 0.5) is 0 Å². The molecule has 0 bridgehead atoms. The van der Waals surface area contributed by atoms with Crippen molar-refractivity contribution in [1.29, 1.82) is 0 Å². The highest BCUT2D eigenvalue weighted by molar-refractivity contribution is 6.09. The van der Waals surface area contributed by atoms with Crippen molar-refractivity contribution in [1.82, 2.24) is 10.6 Å². The van der Waals surface area contributed by atoms with E-state index in [0.717, 1.165) is 44.1 Å². The molecule has 1 saturated heterocycles. The lowest BCUT2D eigenvalue weighted by Gasteiger charge is -2.36. The number of nitrogens with one attached hydrogen (secondary N) is 2. The van der Waals surface area contributed by atoms with E-state index in [0.29, 0.717) is 11.9 Å². The molecule has 0 aromatic rings. The normalized spacial score (nSPS) is 33.3. The van der Waals surface area contributed by atoms with Crippen LogP contribution in [0.3, 0.4) is 0 Å². The van der Waals surface area contributed by atoms with Gasteiger partial charge in [0.1, 0.15) is 5.54 Å². The van der Waals surface area contributed by atoms with Gasteiger partial charge in [-0.3, -0.25) is 15.1 Å². The molecule has 0 atom stereocenters. The molecular weight excluding hydrogens is 238 g/mol. The predicted molar refractivity (Wildman–Crippen MR) is 77.9 cm³/mol. The smallest absolute Gasteiger partial charge is 0.252 e. The van der Waals surface area contributed by atoms with Gasteiger partial charge in [-0.15, -0.1) is 0 Å². The number of aliphatic imine (C=N–C) groups is 1. The fourth-order valence-corrected chi connectivity index (χ4v) is 3.05. The van der Waals surface area contributed by atoms with Crippen molar-refractivity contribution in [3.63, 3.8) is 0 Å². The Balaban J connectivity index is 1.98. The highest BCUT2D eigenvalue weighted by Gasteiger charge is 2.47. The van der Waals surface area contributed by atoms with Crippen molar-refractivity contribution in [3.8, 4) is 0 Å². The number of guanidine groups is 1. The first-order chi connectivity index (χ1) is 8.93. The maximum absolute atomic E-state index is 12.2. The van der Waals surface area contributed by atoms with Crippen LogP contribution < -0.4 is 10.6 Å². The average molecular weight is 265 g/mol. The Bertz CT molecular complexity index is 366. The second kappa shape index (κ2) is 5.51. The monoisotopic (exact) mass is 265 g/mol. The summed E-state index contributed by atoms with van der Waals surface area (Å²) < 4.78 is 0. The third kappa shape index (κ3) is 3.10. The van der Waals surface area contributed by atoms with Crippen LogP contribution >= 0.6 is 0 Å². The number of carbonyl (C=O) groups excluding carboxylic acids is 1. The largest absolute Gasteiger partial charge is 0.342 e. The first kappa shape index (κ1) is 14.4. The van der Waals surface area contributed by atoms with Gasteiger partial charge in [0.2, 0.25) is 0 Å². The number of rotatable bonds is 3. The van der Waals surface area contributed by atoms with Gasteiger partial charge < -0.3 is 5.32 Å². The van der Waals surface area contributed by atoms with Crippen LogP contribution in [0.25, 0.3) is 0 Å². The third-order valence-corrected chi connectivity index (χ3v) is 4.47. The number of amides is 1. The van der Waals surface area contributed by atoms with E-state index in [2.05, 4.69) is 43.3 Å². The van der Waals surface area contributed by atoms with Crippen molar-refractivity contribution in [2.24, 2.45) is 22.7 Å². The van der Waals surface area contributed by atoms with Gasteiger partial charge in [0.15, 0.2) is 5.96 Å². The van der Waals surface area contributed by atoms with E-state index < -0.39 is 0 Å². The molecule has 0 unspecified atom stereocenters. The molecule has 0 aromatic carbocycles. The molecule has 1 heterocycles. The van der Waals surface area contributed by atoms with Crippen molar-refractivity contribution in [3.05, 3.63) is 0 Å². The van der Waals surface area contributed by atoms with Gasteiger partial charge in [-0.2, -0.15) is 0 Å². The van der Waals surface area contributed by atoms with Crippen molar-refractivity contribution >= 4 is 11.9 Å². The summed E-state index contributed by atoms with van der Waals surface area (Å²) in [6.07, 6.45) is 4.13. The maximum Gasteiger partial charge on any atom is 0.252 e. The first-order valence-corrected chi connectivity index (χ1v) is 7.57. The van der Waals surface area contributed by atoms with E-state index in [-0.39, 0.29) is 11.4 Å². The molecule has 2 rings (SSSR count). The van der Waals surface area contributed by atoms with E-state index in [1.165, 1.54) is 0 Å². The molecule has 1 amide bonds. The molecule has 108 valence electrons. The van der Waals surface area contributed by atoms with Crippen LogP contribution in [0.2, 0.25) is 0 Å². The summed E-state index contributed by atoms with van der Waals surface area (Å²) in [7, 11) is 0. The molecule has 0 radical (unpaired) electrons. The van der Waals surface area contributed by atoms with Crippen LogP contribution in [0.1, 0.15) is 53.4 Å². The third-order valence-electron chi connectivity index (χ3n) is 4.47. The lowest BCUT2D eigenvalue weighted by Crippen LogP contribution is -2.49. The Labute approximate surface area is 116 Å². The van der Waals surface area contributed by atoms with E-state index in [4.69, 9.17) is 0 Å². The lowest BCUT2D eigenvalue weighted by molar-refractivity contribution is -0.125. The summed E-state index contributed by atoms with van der Waals surface area (Å²) in [5, 5.41) is 6.27. The van der Waals surface area contributed by atoms with Crippen LogP contribution in [0, 0.1) is 17.8 Å². The Kier molecular flexibility index (Phi) is 4.16. The van der Waals surface area contributed by atoms with Crippen LogP contribution in [0.15, 0.2) is 4.99 Å². The molecule has 2 N–H and O–H groups in total. The van der Waals surface area contributed by atoms with E-state index in [1.54, 1.807) is 0 Å².